The lowest BCUT2D eigenvalue weighted by molar-refractivity contribution is 0.958. The molecule has 0 aliphatic rings. The van der Waals surface area contributed by atoms with E-state index < -0.39 is 0 Å². The van der Waals surface area contributed by atoms with Crippen LogP contribution >= 0.6 is 0 Å². The summed E-state index contributed by atoms with van der Waals surface area (Å²) in [4.78, 5) is 2.24. The second-order valence-corrected chi connectivity index (χ2v) is 5.25. The predicted molar refractivity (Wildman–Crippen MR) is 87.8 cm³/mol. The molecule has 2 aromatic carbocycles. The molecule has 0 heterocycles. The van der Waals surface area contributed by atoms with E-state index in [1.54, 1.807) is 0 Å². The molecule has 0 aromatic heterocycles. The van der Waals surface area contributed by atoms with Gasteiger partial charge in [-0.2, -0.15) is 0 Å². The highest BCUT2D eigenvalue weighted by Gasteiger charge is 2.09. The molecule has 0 atom stereocenters. The number of rotatable bonds is 5. The fourth-order valence-corrected chi connectivity index (χ4v) is 2.49. The Morgan fingerprint density at radius 2 is 1.75 bits per heavy atom. The summed E-state index contributed by atoms with van der Waals surface area (Å²) in [6.45, 7) is 4.98. The van der Waals surface area contributed by atoms with Crippen molar-refractivity contribution in [2.45, 2.75) is 26.7 Å². The van der Waals surface area contributed by atoms with Gasteiger partial charge in [-0.05, 0) is 55.6 Å². The molecule has 0 bridgehead atoms. The van der Waals surface area contributed by atoms with Crippen LogP contribution in [0.2, 0.25) is 0 Å². The highest BCUT2D eigenvalue weighted by Crippen LogP contribution is 2.28. The molecule has 0 spiro atoms. The maximum atomic E-state index is 5.74. The van der Waals surface area contributed by atoms with Gasteiger partial charge in [-0.25, -0.2) is 0 Å². The molecule has 0 unspecified atom stereocenters. The van der Waals surface area contributed by atoms with Crippen molar-refractivity contribution in [3.05, 3.63) is 59.2 Å². The van der Waals surface area contributed by atoms with Crippen LogP contribution in [0.4, 0.5) is 11.4 Å². The highest BCUT2D eigenvalue weighted by atomic mass is 15.1. The van der Waals surface area contributed by atoms with Crippen molar-refractivity contribution >= 4 is 11.4 Å². The van der Waals surface area contributed by atoms with Crippen molar-refractivity contribution < 1.29 is 0 Å². The van der Waals surface area contributed by atoms with Crippen LogP contribution in [0.5, 0.6) is 0 Å². The molecule has 2 heteroatoms. The van der Waals surface area contributed by atoms with E-state index in [-0.39, 0.29) is 0 Å². The first-order chi connectivity index (χ1) is 9.65. The van der Waals surface area contributed by atoms with Crippen LogP contribution in [0.15, 0.2) is 42.5 Å². The second-order valence-electron chi connectivity index (χ2n) is 5.25. The maximum absolute atomic E-state index is 5.74. The van der Waals surface area contributed by atoms with Gasteiger partial charge in [0.25, 0.3) is 0 Å². The molecule has 0 saturated carbocycles. The van der Waals surface area contributed by atoms with E-state index >= 15 is 0 Å². The molecule has 0 radical (unpaired) electrons. The van der Waals surface area contributed by atoms with Crippen LogP contribution < -0.4 is 10.6 Å². The van der Waals surface area contributed by atoms with E-state index in [9.17, 15) is 0 Å². The molecule has 106 valence electrons. The minimum Gasteiger partial charge on any atom is -0.344 e. The number of nitrogens with zero attached hydrogens (tertiary/aromatic N) is 1. The summed E-state index contributed by atoms with van der Waals surface area (Å²) in [6, 6.07) is 15.3. The summed E-state index contributed by atoms with van der Waals surface area (Å²) in [5, 5.41) is 0. The summed E-state index contributed by atoms with van der Waals surface area (Å²) in [6.07, 6.45) is 1.99. The molecule has 2 aromatic rings. The summed E-state index contributed by atoms with van der Waals surface area (Å²) in [5.41, 5.74) is 12.2. The zero-order valence-electron chi connectivity index (χ0n) is 12.7. The zero-order chi connectivity index (χ0) is 14.5. The SMILES string of the molecule is CCc1ccc(N(C)c2ccc(C)cc2CCN)cc1. The van der Waals surface area contributed by atoms with Crippen LogP contribution in [0.25, 0.3) is 0 Å². The second kappa shape index (κ2) is 6.58. The fourth-order valence-electron chi connectivity index (χ4n) is 2.49. The summed E-state index contributed by atoms with van der Waals surface area (Å²) in [7, 11) is 2.12. The summed E-state index contributed by atoms with van der Waals surface area (Å²) >= 11 is 0. The van der Waals surface area contributed by atoms with Crippen molar-refractivity contribution in [2.75, 3.05) is 18.5 Å². The van der Waals surface area contributed by atoms with Gasteiger partial charge in [-0.15, -0.1) is 0 Å². The van der Waals surface area contributed by atoms with Gasteiger partial charge in [0, 0.05) is 18.4 Å². The van der Waals surface area contributed by atoms with Gasteiger partial charge >= 0.3 is 0 Å². The molecule has 0 aliphatic carbocycles. The van der Waals surface area contributed by atoms with Gasteiger partial charge in [0.1, 0.15) is 0 Å². The maximum Gasteiger partial charge on any atom is 0.0441 e. The van der Waals surface area contributed by atoms with Gasteiger partial charge < -0.3 is 10.6 Å². The van der Waals surface area contributed by atoms with E-state index in [2.05, 4.69) is 68.3 Å². The molecule has 2 N–H and O–H groups in total. The lowest BCUT2D eigenvalue weighted by Gasteiger charge is -2.23. The number of hydrogen-bond donors (Lipinski definition) is 1. The van der Waals surface area contributed by atoms with Crippen molar-refractivity contribution in [1.29, 1.82) is 0 Å². The standard InChI is InChI=1S/C18H24N2/c1-4-15-6-8-17(9-7-15)20(3)18-10-5-14(2)13-16(18)11-12-19/h5-10,13H,4,11-12,19H2,1-3H3. The van der Waals surface area contributed by atoms with Gasteiger partial charge in [-0.3, -0.25) is 0 Å². The minimum absolute atomic E-state index is 0.680. The largest absolute Gasteiger partial charge is 0.344 e. The molecule has 0 saturated heterocycles. The molecular weight excluding hydrogens is 244 g/mol. The topological polar surface area (TPSA) is 29.3 Å². The van der Waals surface area contributed by atoms with Crippen molar-refractivity contribution in [2.24, 2.45) is 5.73 Å². The van der Waals surface area contributed by atoms with Crippen molar-refractivity contribution in [1.82, 2.24) is 0 Å². The molecule has 0 amide bonds. The first-order valence-corrected chi connectivity index (χ1v) is 7.28. The number of anilines is 2. The van der Waals surface area contributed by atoms with Crippen LogP contribution in [-0.4, -0.2) is 13.6 Å². The smallest absolute Gasteiger partial charge is 0.0441 e. The Morgan fingerprint density at radius 3 is 2.35 bits per heavy atom. The van der Waals surface area contributed by atoms with Gasteiger partial charge in [0.15, 0.2) is 0 Å². The van der Waals surface area contributed by atoms with Crippen molar-refractivity contribution in [3.63, 3.8) is 0 Å². The highest BCUT2D eigenvalue weighted by molar-refractivity contribution is 5.66. The Bertz CT molecular complexity index is 558. The number of hydrogen-bond acceptors (Lipinski definition) is 2. The lowest BCUT2D eigenvalue weighted by Crippen LogP contribution is -2.14. The molecule has 2 rings (SSSR count). The molecule has 2 nitrogen and oxygen atoms in total. The predicted octanol–water partition coefficient (Wildman–Crippen LogP) is 3.83. The van der Waals surface area contributed by atoms with Crippen LogP contribution in [0, 0.1) is 6.92 Å². The average Bonchev–Trinajstić information content (AvgIpc) is 2.47. The van der Waals surface area contributed by atoms with E-state index in [1.807, 2.05) is 0 Å². The lowest BCUT2D eigenvalue weighted by atomic mass is 10.0. The fraction of sp³-hybridized carbons (Fsp3) is 0.333. The third kappa shape index (κ3) is 3.20. The van der Waals surface area contributed by atoms with Crippen LogP contribution in [-0.2, 0) is 12.8 Å². The Morgan fingerprint density at radius 1 is 1.05 bits per heavy atom. The monoisotopic (exact) mass is 268 g/mol. The van der Waals surface area contributed by atoms with E-state index in [0.29, 0.717) is 6.54 Å². The third-order valence-electron chi connectivity index (χ3n) is 3.74. The number of nitrogens with two attached hydrogens (primary N) is 1. The first-order valence-electron chi connectivity index (χ1n) is 7.28. The third-order valence-corrected chi connectivity index (χ3v) is 3.74. The number of benzene rings is 2. The Labute approximate surface area is 122 Å². The quantitative estimate of drug-likeness (QED) is 0.893. The minimum atomic E-state index is 0.680. The van der Waals surface area contributed by atoms with E-state index in [0.717, 1.165) is 12.8 Å². The molecule has 20 heavy (non-hydrogen) atoms. The Kier molecular flexibility index (Phi) is 4.80. The van der Waals surface area contributed by atoms with E-state index in [4.69, 9.17) is 5.73 Å². The normalized spacial score (nSPS) is 10.6. The molecule has 0 aliphatic heterocycles. The van der Waals surface area contributed by atoms with Crippen LogP contribution in [0.3, 0.4) is 0 Å². The van der Waals surface area contributed by atoms with Gasteiger partial charge in [0.05, 0.1) is 0 Å². The van der Waals surface area contributed by atoms with Gasteiger partial charge in [0.2, 0.25) is 0 Å². The average molecular weight is 268 g/mol. The summed E-state index contributed by atoms with van der Waals surface area (Å²) < 4.78 is 0. The Hall–Kier alpha value is -1.80. The van der Waals surface area contributed by atoms with Gasteiger partial charge in [-0.1, -0.05) is 36.8 Å². The zero-order valence-corrected chi connectivity index (χ0v) is 12.7. The van der Waals surface area contributed by atoms with E-state index in [1.165, 1.54) is 28.1 Å². The van der Waals surface area contributed by atoms with Crippen LogP contribution in [0.1, 0.15) is 23.6 Å². The van der Waals surface area contributed by atoms with Crippen molar-refractivity contribution in [3.8, 4) is 0 Å². The first kappa shape index (κ1) is 14.6. The number of aryl methyl sites for hydroxylation is 2. The molecular formula is C18H24N2. The summed E-state index contributed by atoms with van der Waals surface area (Å²) in [5.74, 6) is 0. The molecule has 0 fully saturated rings. The Balaban J connectivity index is 2.33.